The summed E-state index contributed by atoms with van der Waals surface area (Å²) in [6.45, 7) is 2.70. The van der Waals surface area contributed by atoms with Crippen molar-refractivity contribution in [2.24, 2.45) is 5.92 Å². The highest BCUT2D eigenvalue weighted by atomic mass is 16.1. The smallest absolute Gasteiger partial charge is 0.243 e. The van der Waals surface area contributed by atoms with Crippen molar-refractivity contribution in [3.8, 4) is 0 Å². The van der Waals surface area contributed by atoms with Crippen LogP contribution < -0.4 is 5.32 Å². The van der Waals surface area contributed by atoms with Crippen LogP contribution in [-0.4, -0.2) is 17.4 Å². The predicted octanol–water partition coefficient (Wildman–Crippen LogP) is 5.39. The highest BCUT2D eigenvalue weighted by molar-refractivity contribution is 5.87. The van der Waals surface area contributed by atoms with E-state index in [1.165, 1.54) is 16.7 Å². The van der Waals surface area contributed by atoms with Crippen LogP contribution in [0.5, 0.6) is 0 Å². The number of allylic oxidation sites excluding steroid dienone is 1. The Morgan fingerprint density at radius 1 is 1.00 bits per heavy atom. The number of rotatable bonds is 9. The van der Waals surface area contributed by atoms with Crippen LogP contribution in [0.4, 0.5) is 0 Å². The molecule has 158 valence electrons. The summed E-state index contributed by atoms with van der Waals surface area (Å²) in [5.74, 6) is 0.344. The summed E-state index contributed by atoms with van der Waals surface area (Å²) in [7, 11) is 0. The van der Waals surface area contributed by atoms with E-state index in [1.807, 2.05) is 19.2 Å². The quantitative estimate of drug-likeness (QED) is 0.379. The molecule has 1 atom stereocenters. The van der Waals surface area contributed by atoms with Gasteiger partial charge in [-0.15, -0.1) is 0 Å². The highest BCUT2D eigenvalue weighted by Gasteiger charge is 2.54. The van der Waals surface area contributed by atoms with Crippen molar-refractivity contribution < 1.29 is 4.79 Å². The minimum atomic E-state index is -0.0125. The van der Waals surface area contributed by atoms with Crippen LogP contribution in [0.15, 0.2) is 91.1 Å². The van der Waals surface area contributed by atoms with Crippen LogP contribution in [0.1, 0.15) is 41.6 Å². The maximum absolute atomic E-state index is 12.3. The van der Waals surface area contributed by atoms with Crippen LogP contribution in [0.3, 0.4) is 0 Å². The average molecular weight is 411 g/mol. The zero-order chi connectivity index (χ0) is 21.5. The monoisotopic (exact) mass is 410 g/mol. The lowest BCUT2D eigenvalue weighted by Gasteiger charge is -2.18. The van der Waals surface area contributed by atoms with Gasteiger partial charge in [0.25, 0.3) is 0 Å². The molecule has 2 aromatic carbocycles. The Kier molecular flexibility index (Phi) is 6.61. The number of aromatic nitrogens is 1. The van der Waals surface area contributed by atoms with Crippen molar-refractivity contribution in [1.82, 2.24) is 10.3 Å². The molecule has 0 aliphatic heterocycles. The largest absolute Gasteiger partial charge is 0.353 e. The molecule has 1 saturated carbocycles. The van der Waals surface area contributed by atoms with Gasteiger partial charge in [-0.1, -0.05) is 72.8 Å². The van der Waals surface area contributed by atoms with Crippen LogP contribution in [0.2, 0.25) is 0 Å². The minimum absolute atomic E-state index is 0.000995. The van der Waals surface area contributed by atoms with Crippen LogP contribution in [-0.2, 0) is 16.6 Å². The van der Waals surface area contributed by atoms with E-state index in [1.54, 1.807) is 6.08 Å². The number of amides is 1. The number of benzene rings is 2. The Labute approximate surface area is 185 Å². The Balaban J connectivity index is 1.28. The van der Waals surface area contributed by atoms with Crippen molar-refractivity contribution in [3.05, 3.63) is 114 Å². The first-order valence-corrected chi connectivity index (χ1v) is 11.2. The molecule has 4 rings (SSSR count). The third-order valence-corrected chi connectivity index (χ3v) is 6.24. The maximum Gasteiger partial charge on any atom is 0.243 e. The normalized spacial score (nSPS) is 16.9. The summed E-state index contributed by atoms with van der Waals surface area (Å²) in [6.07, 6.45) is 9.80. The molecule has 3 heteroatoms. The van der Waals surface area contributed by atoms with Gasteiger partial charge in [-0.25, -0.2) is 0 Å². The first-order chi connectivity index (χ1) is 15.2. The lowest BCUT2D eigenvalue weighted by Crippen LogP contribution is -2.22. The Morgan fingerprint density at radius 2 is 1.68 bits per heavy atom. The van der Waals surface area contributed by atoms with E-state index in [-0.39, 0.29) is 11.3 Å². The van der Waals surface area contributed by atoms with Gasteiger partial charge in [-0.3, -0.25) is 9.78 Å². The molecule has 1 N–H and O–H groups in total. The summed E-state index contributed by atoms with van der Waals surface area (Å²) in [4.78, 5) is 16.7. The Morgan fingerprint density at radius 3 is 2.29 bits per heavy atom. The molecule has 1 aliphatic carbocycles. The molecule has 3 aromatic rings. The SMILES string of the molecule is Cc1ccc(CCCCNC(=O)/C=C/[C@@H]2CC2(c2ccccc2)c2ccccc2)cn1. The molecule has 31 heavy (non-hydrogen) atoms. The van der Waals surface area contributed by atoms with Gasteiger partial charge in [-0.2, -0.15) is 0 Å². The fourth-order valence-electron chi connectivity index (χ4n) is 4.40. The molecule has 0 bridgehead atoms. The molecule has 0 spiro atoms. The first-order valence-electron chi connectivity index (χ1n) is 11.2. The molecule has 1 aliphatic rings. The number of carbonyl (C=O) groups excluding carboxylic acids is 1. The summed E-state index contributed by atoms with van der Waals surface area (Å²) in [6, 6.07) is 25.5. The number of hydrogen-bond donors (Lipinski definition) is 1. The van der Waals surface area contributed by atoms with Crippen molar-refractivity contribution in [1.29, 1.82) is 0 Å². The van der Waals surface area contributed by atoms with Gasteiger partial charge in [0.15, 0.2) is 0 Å². The number of nitrogens with one attached hydrogen (secondary N) is 1. The third-order valence-electron chi connectivity index (χ3n) is 6.24. The van der Waals surface area contributed by atoms with Gasteiger partial charge in [-0.05, 0) is 67.4 Å². The lowest BCUT2D eigenvalue weighted by atomic mass is 9.85. The molecule has 1 fully saturated rings. The van der Waals surface area contributed by atoms with Crippen molar-refractivity contribution in [2.75, 3.05) is 6.54 Å². The number of unbranched alkanes of at least 4 members (excludes halogenated alkanes) is 1. The second-order valence-corrected chi connectivity index (χ2v) is 8.43. The fourth-order valence-corrected chi connectivity index (χ4v) is 4.40. The molecule has 0 saturated heterocycles. The second kappa shape index (κ2) is 9.74. The predicted molar refractivity (Wildman–Crippen MR) is 126 cm³/mol. The van der Waals surface area contributed by atoms with Crippen LogP contribution in [0, 0.1) is 12.8 Å². The number of carbonyl (C=O) groups is 1. The molecular formula is C28H30N2O. The molecule has 3 nitrogen and oxygen atoms in total. The Hall–Kier alpha value is -3.20. The van der Waals surface area contributed by atoms with E-state index in [4.69, 9.17) is 0 Å². The average Bonchev–Trinajstić information content (AvgIpc) is 3.55. The summed E-state index contributed by atoms with van der Waals surface area (Å²) in [5, 5.41) is 3.03. The van der Waals surface area contributed by atoms with Crippen molar-refractivity contribution in [2.45, 2.75) is 38.0 Å². The van der Waals surface area contributed by atoms with Crippen LogP contribution in [0.25, 0.3) is 0 Å². The van der Waals surface area contributed by atoms with Gasteiger partial charge < -0.3 is 5.32 Å². The van der Waals surface area contributed by atoms with Gasteiger partial charge >= 0.3 is 0 Å². The molecule has 1 amide bonds. The Bertz CT molecular complexity index is 970. The zero-order valence-corrected chi connectivity index (χ0v) is 18.1. The molecule has 1 aromatic heterocycles. The van der Waals surface area contributed by atoms with Crippen LogP contribution >= 0.6 is 0 Å². The zero-order valence-electron chi connectivity index (χ0n) is 18.1. The second-order valence-electron chi connectivity index (χ2n) is 8.43. The van der Waals surface area contributed by atoms with E-state index in [2.05, 4.69) is 83.1 Å². The summed E-state index contributed by atoms with van der Waals surface area (Å²) >= 11 is 0. The van der Waals surface area contributed by atoms with E-state index < -0.39 is 0 Å². The molecular weight excluding hydrogens is 380 g/mol. The van der Waals surface area contributed by atoms with Gasteiger partial charge in [0.2, 0.25) is 5.91 Å². The number of aryl methyl sites for hydroxylation is 2. The minimum Gasteiger partial charge on any atom is -0.353 e. The van der Waals surface area contributed by atoms with E-state index in [9.17, 15) is 4.79 Å². The van der Waals surface area contributed by atoms with Gasteiger partial charge in [0.05, 0.1) is 0 Å². The van der Waals surface area contributed by atoms with Gasteiger partial charge in [0, 0.05) is 23.9 Å². The molecule has 1 heterocycles. The number of nitrogens with zero attached hydrogens (tertiary/aromatic N) is 1. The third kappa shape index (κ3) is 5.11. The maximum atomic E-state index is 12.3. The number of pyridine rings is 1. The van der Waals surface area contributed by atoms with Gasteiger partial charge in [0.1, 0.15) is 0 Å². The van der Waals surface area contributed by atoms with Crippen molar-refractivity contribution in [3.63, 3.8) is 0 Å². The van der Waals surface area contributed by atoms with E-state index in [0.29, 0.717) is 12.5 Å². The fraction of sp³-hybridized carbons (Fsp3) is 0.286. The number of hydrogen-bond acceptors (Lipinski definition) is 2. The van der Waals surface area contributed by atoms with E-state index in [0.717, 1.165) is 31.4 Å². The molecule has 0 unspecified atom stereocenters. The summed E-state index contributed by atoms with van der Waals surface area (Å²) in [5.41, 5.74) is 4.93. The lowest BCUT2D eigenvalue weighted by molar-refractivity contribution is -0.116. The highest BCUT2D eigenvalue weighted by Crippen LogP contribution is 2.59. The standard InChI is InChI=1S/C28H30N2O/c1-22-15-16-23(21-30-22)10-8-9-19-29-27(31)18-17-26-20-28(26,24-11-4-2-5-12-24)25-13-6-3-7-14-25/h2-7,11-18,21,26H,8-10,19-20H2,1H3,(H,29,31)/b18-17+/t26-/m1/s1. The topological polar surface area (TPSA) is 42.0 Å². The summed E-state index contributed by atoms with van der Waals surface area (Å²) < 4.78 is 0. The van der Waals surface area contributed by atoms with E-state index >= 15 is 0 Å². The molecule has 0 radical (unpaired) electrons. The first kappa shape index (κ1) is 21.0. The van der Waals surface area contributed by atoms with Crippen molar-refractivity contribution >= 4 is 5.91 Å².